The van der Waals surface area contributed by atoms with Crippen molar-refractivity contribution < 1.29 is 14.2 Å². The van der Waals surface area contributed by atoms with E-state index < -0.39 is 0 Å². The van der Waals surface area contributed by atoms with Gasteiger partial charge in [0.15, 0.2) is 11.5 Å². The lowest BCUT2D eigenvalue weighted by molar-refractivity contribution is 0.106. The fourth-order valence-corrected chi connectivity index (χ4v) is 5.25. The Hall–Kier alpha value is -3.02. The topological polar surface area (TPSA) is 34.2 Å². The summed E-state index contributed by atoms with van der Waals surface area (Å²) in [7, 11) is 0. The smallest absolute Gasteiger partial charge is 0.231 e. The molecule has 1 fully saturated rings. The summed E-state index contributed by atoms with van der Waals surface area (Å²) in [6.07, 6.45) is 0.870. The Morgan fingerprint density at radius 3 is 2.33 bits per heavy atom. The first-order valence-corrected chi connectivity index (χ1v) is 13.2. The van der Waals surface area contributed by atoms with Crippen LogP contribution < -0.4 is 14.2 Å². The predicted octanol–water partition coefficient (Wildman–Crippen LogP) is 6.18. The van der Waals surface area contributed by atoms with Gasteiger partial charge in [-0.2, -0.15) is 0 Å². The zero-order chi connectivity index (χ0) is 24.9. The van der Waals surface area contributed by atoms with Gasteiger partial charge in [0.2, 0.25) is 6.79 Å². The molecule has 0 amide bonds. The van der Waals surface area contributed by atoms with E-state index in [1.54, 1.807) is 0 Å². The van der Waals surface area contributed by atoms with Crippen molar-refractivity contribution in [3.05, 3.63) is 89.0 Å². The summed E-state index contributed by atoms with van der Waals surface area (Å²) in [6.45, 7) is 13.3. The first kappa shape index (κ1) is 24.7. The molecule has 1 saturated heterocycles. The minimum absolute atomic E-state index is 0.0499. The van der Waals surface area contributed by atoms with Gasteiger partial charge in [0.25, 0.3) is 0 Å². The van der Waals surface area contributed by atoms with Crippen LogP contribution in [0, 0.1) is 6.92 Å². The van der Waals surface area contributed by atoms with Gasteiger partial charge in [-0.1, -0.05) is 56.3 Å². The molecule has 0 aromatic heterocycles. The minimum Gasteiger partial charge on any atom is -0.486 e. The Labute approximate surface area is 215 Å². The van der Waals surface area contributed by atoms with Gasteiger partial charge in [0, 0.05) is 45.7 Å². The summed E-state index contributed by atoms with van der Waals surface area (Å²) in [5, 5.41) is 0. The van der Waals surface area contributed by atoms with Crippen LogP contribution in [0.1, 0.15) is 54.5 Å². The standard InChI is InChI=1S/C31H38N2O3/c1-23(2)28-11-10-27(19-24(28)3)36-29(26-9-12-30-31(20-26)35-22-34-30)13-14-32-15-17-33(18-16-32)21-25-7-5-4-6-8-25/h4-12,19-20,23,29H,13-18,21-22H2,1-3H3. The van der Waals surface area contributed by atoms with Crippen molar-refractivity contribution in [3.63, 3.8) is 0 Å². The second-order valence-corrected chi connectivity index (χ2v) is 10.3. The molecule has 0 aliphatic carbocycles. The number of rotatable bonds is 9. The van der Waals surface area contributed by atoms with Crippen LogP contribution >= 0.6 is 0 Å². The molecule has 0 spiro atoms. The van der Waals surface area contributed by atoms with E-state index in [2.05, 4.69) is 91.2 Å². The van der Waals surface area contributed by atoms with E-state index in [0.717, 1.165) is 68.5 Å². The Balaban J connectivity index is 1.24. The molecule has 3 aromatic carbocycles. The summed E-state index contributed by atoms with van der Waals surface area (Å²) < 4.78 is 17.8. The monoisotopic (exact) mass is 486 g/mol. The average molecular weight is 487 g/mol. The third-order valence-electron chi connectivity index (χ3n) is 7.33. The lowest BCUT2D eigenvalue weighted by atomic mass is 9.98. The Bertz CT molecular complexity index is 1140. The van der Waals surface area contributed by atoms with Gasteiger partial charge < -0.3 is 19.1 Å². The highest BCUT2D eigenvalue weighted by atomic mass is 16.7. The number of ether oxygens (including phenoxy) is 3. The van der Waals surface area contributed by atoms with Crippen LogP contribution in [0.25, 0.3) is 0 Å². The number of aryl methyl sites for hydroxylation is 1. The fourth-order valence-electron chi connectivity index (χ4n) is 5.25. The van der Waals surface area contributed by atoms with Crippen molar-refractivity contribution in [2.45, 2.75) is 45.8 Å². The Morgan fingerprint density at radius 2 is 1.58 bits per heavy atom. The number of hydrogen-bond acceptors (Lipinski definition) is 5. The second kappa shape index (κ2) is 11.4. The number of nitrogens with zero attached hydrogens (tertiary/aromatic N) is 2. The summed E-state index contributed by atoms with van der Waals surface area (Å²) >= 11 is 0. The predicted molar refractivity (Wildman–Crippen MR) is 144 cm³/mol. The van der Waals surface area contributed by atoms with Crippen LogP contribution in [0.2, 0.25) is 0 Å². The zero-order valence-corrected chi connectivity index (χ0v) is 21.8. The molecule has 190 valence electrons. The maximum absolute atomic E-state index is 6.63. The molecule has 0 N–H and O–H groups in total. The quantitative estimate of drug-likeness (QED) is 0.361. The largest absolute Gasteiger partial charge is 0.486 e. The summed E-state index contributed by atoms with van der Waals surface area (Å²) in [6, 6.07) is 23.5. The van der Waals surface area contributed by atoms with Crippen LogP contribution in [0.15, 0.2) is 66.7 Å². The SMILES string of the molecule is Cc1cc(OC(CCN2CCN(Cc3ccccc3)CC2)c2ccc3c(c2)OCO3)ccc1C(C)C. The zero-order valence-electron chi connectivity index (χ0n) is 21.8. The Kier molecular flexibility index (Phi) is 7.78. The highest BCUT2D eigenvalue weighted by Gasteiger charge is 2.23. The molecular formula is C31H38N2O3. The second-order valence-electron chi connectivity index (χ2n) is 10.3. The first-order chi connectivity index (χ1) is 17.5. The van der Waals surface area contributed by atoms with E-state index in [1.807, 2.05) is 6.07 Å². The number of fused-ring (bicyclic) bond motifs is 1. The van der Waals surface area contributed by atoms with Crippen LogP contribution in [0.5, 0.6) is 17.2 Å². The van der Waals surface area contributed by atoms with E-state index >= 15 is 0 Å². The van der Waals surface area contributed by atoms with Crippen LogP contribution in [0.4, 0.5) is 0 Å². The van der Waals surface area contributed by atoms with E-state index in [0.29, 0.717) is 5.92 Å². The van der Waals surface area contributed by atoms with Crippen molar-refractivity contribution in [1.82, 2.24) is 9.80 Å². The molecule has 36 heavy (non-hydrogen) atoms. The molecule has 2 aliphatic heterocycles. The van der Waals surface area contributed by atoms with Gasteiger partial charge >= 0.3 is 0 Å². The number of hydrogen-bond donors (Lipinski definition) is 0. The molecule has 0 saturated carbocycles. The van der Waals surface area contributed by atoms with E-state index in [-0.39, 0.29) is 12.9 Å². The van der Waals surface area contributed by atoms with Gasteiger partial charge in [-0.05, 0) is 59.4 Å². The van der Waals surface area contributed by atoms with Crippen LogP contribution in [-0.2, 0) is 6.54 Å². The molecule has 5 heteroatoms. The minimum atomic E-state index is -0.0499. The van der Waals surface area contributed by atoms with Crippen molar-refractivity contribution in [2.75, 3.05) is 39.5 Å². The third-order valence-corrected chi connectivity index (χ3v) is 7.33. The van der Waals surface area contributed by atoms with Gasteiger partial charge in [0.1, 0.15) is 11.9 Å². The Morgan fingerprint density at radius 1 is 0.833 bits per heavy atom. The summed E-state index contributed by atoms with van der Waals surface area (Å²) in [4.78, 5) is 5.12. The maximum Gasteiger partial charge on any atom is 0.231 e. The molecule has 0 radical (unpaired) electrons. The fraction of sp³-hybridized carbons (Fsp3) is 0.419. The number of piperazine rings is 1. The average Bonchev–Trinajstić information content (AvgIpc) is 3.36. The third kappa shape index (κ3) is 6.03. The highest BCUT2D eigenvalue weighted by Crippen LogP contribution is 2.36. The van der Waals surface area contributed by atoms with Crippen molar-refractivity contribution in [3.8, 4) is 17.2 Å². The van der Waals surface area contributed by atoms with Crippen LogP contribution in [0.3, 0.4) is 0 Å². The normalized spacial score (nSPS) is 16.9. The van der Waals surface area contributed by atoms with E-state index in [9.17, 15) is 0 Å². The van der Waals surface area contributed by atoms with Crippen molar-refractivity contribution >= 4 is 0 Å². The molecule has 2 aliphatic rings. The van der Waals surface area contributed by atoms with Crippen LogP contribution in [-0.4, -0.2) is 49.3 Å². The van der Waals surface area contributed by atoms with Crippen molar-refractivity contribution in [1.29, 1.82) is 0 Å². The maximum atomic E-state index is 6.63. The lowest BCUT2D eigenvalue weighted by Crippen LogP contribution is -2.46. The molecule has 5 nitrogen and oxygen atoms in total. The summed E-state index contributed by atoms with van der Waals surface area (Å²) in [5.74, 6) is 3.04. The molecule has 3 aromatic rings. The highest BCUT2D eigenvalue weighted by molar-refractivity contribution is 5.45. The first-order valence-electron chi connectivity index (χ1n) is 13.2. The molecule has 2 heterocycles. The van der Waals surface area contributed by atoms with Gasteiger partial charge in [0.05, 0.1) is 0 Å². The molecule has 0 bridgehead atoms. The molecule has 1 atom stereocenters. The lowest BCUT2D eigenvalue weighted by Gasteiger charge is -2.35. The molecule has 5 rings (SSSR count). The van der Waals surface area contributed by atoms with E-state index in [4.69, 9.17) is 14.2 Å². The van der Waals surface area contributed by atoms with Gasteiger partial charge in [-0.3, -0.25) is 4.90 Å². The van der Waals surface area contributed by atoms with Crippen molar-refractivity contribution in [2.24, 2.45) is 0 Å². The molecule has 1 unspecified atom stereocenters. The van der Waals surface area contributed by atoms with Gasteiger partial charge in [-0.25, -0.2) is 0 Å². The molecular weight excluding hydrogens is 448 g/mol. The van der Waals surface area contributed by atoms with E-state index in [1.165, 1.54) is 16.7 Å². The summed E-state index contributed by atoms with van der Waals surface area (Å²) in [5.41, 5.74) is 5.17. The van der Waals surface area contributed by atoms with Gasteiger partial charge in [-0.15, -0.1) is 0 Å². The number of benzene rings is 3.